The van der Waals surface area contributed by atoms with Gasteiger partial charge in [-0.25, -0.2) is 4.72 Å². The summed E-state index contributed by atoms with van der Waals surface area (Å²) in [4.78, 5) is 13.2. The van der Waals surface area contributed by atoms with Gasteiger partial charge in [0.25, 0.3) is 5.91 Å². The van der Waals surface area contributed by atoms with Crippen molar-refractivity contribution in [2.45, 2.75) is 19.9 Å². The Hall–Kier alpha value is -1.71. The van der Waals surface area contributed by atoms with Crippen LogP contribution in [0.2, 0.25) is 0 Å². The van der Waals surface area contributed by atoms with Gasteiger partial charge in [-0.05, 0) is 30.4 Å². The maximum atomic E-state index is 12.3. The van der Waals surface area contributed by atoms with E-state index in [-0.39, 0.29) is 12.1 Å². The van der Waals surface area contributed by atoms with E-state index in [0.717, 1.165) is 11.8 Å². The number of nitrogens with zero attached hydrogens (tertiary/aromatic N) is 2. The topological polar surface area (TPSA) is 92.5 Å². The highest BCUT2D eigenvalue weighted by molar-refractivity contribution is 7.87. The van der Waals surface area contributed by atoms with Gasteiger partial charge in [-0.15, -0.1) is 11.3 Å². The van der Waals surface area contributed by atoms with Gasteiger partial charge in [0.1, 0.15) is 11.8 Å². The molecule has 0 saturated carbocycles. The number of aromatic nitrogens is 1. The molecule has 0 aliphatic carbocycles. The van der Waals surface area contributed by atoms with Gasteiger partial charge in [0, 0.05) is 18.0 Å². The minimum absolute atomic E-state index is 0.117. The van der Waals surface area contributed by atoms with Crippen molar-refractivity contribution in [3.63, 3.8) is 0 Å². The first-order chi connectivity index (χ1) is 9.97. The summed E-state index contributed by atoms with van der Waals surface area (Å²) < 4.78 is 32.5. The molecular weight excluding hydrogens is 314 g/mol. The van der Waals surface area contributed by atoms with Crippen LogP contribution < -0.4 is 4.72 Å². The van der Waals surface area contributed by atoms with Gasteiger partial charge in [-0.3, -0.25) is 4.79 Å². The smallest absolute Gasteiger partial charge is 0.304 e. The van der Waals surface area contributed by atoms with Crippen LogP contribution in [0.15, 0.2) is 22.2 Å². The van der Waals surface area contributed by atoms with E-state index < -0.39 is 16.1 Å². The van der Waals surface area contributed by atoms with Crippen LogP contribution in [0.1, 0.15) is 26.5 Å². The van der Waals surface area contributed by atoms with Crippen molar-refractivity contribution in [2.75, 3.05) is 6.54 Å². The molecule has 1 aliphatic rings. The average molecular weight is 327 g/mol. The number of fused-ring (bicyclic) bond motifs is 1. The van der Waals surface area contributed by atoms with Crippen LogP contribution in [-0.2, 0) is 23.2 Å². The number of thiophene rings is 1. The number of hydrogen-bond acceptors (Lipinski definition) is 6. The van der Waals surface area contributed by atoms with Gasteiger partial charge >= 0.3 is 10.2 Å². The Bertz CT molecular complexity index is 778. The van der Waals surface area contributed by atoms with Gasteiger partial charge in [-0.1, -0.05) is 5.16 Å². The average Bonchev–Trinajstić information content (AvgIpc) is 3.05. The Morgan fingerprint density at radius 3 is 3.05 bits per heavy atom. The van der Waals surface area contributed by atoms with E-state index in [4.69, 9.17) is 0 Å². The van der Waals surface area contributed by atoms with Crippen LogP contribution in [0.4, 0.5) is 0 Å². The van der Waals surface area contributed by atoms with Crippen molar-refractivity contribution >= 4 is 27.5 Å². The zero-order valence-corrected chi connectivity index (χ0v) is 12.8. The quantitative estimate of drug-likeness (QED) is 0.910. The number of hydrogen-bond donors (Lipinski definition) is 1. The summed E-state index contributed by atoms with van der Waals surface area (Å²) in [5, 5.41) is 5.50. The van der Waals surface area contributed by atoms with Gasteiger partial charge in [0.15, 0.2) is 0 Å². The van der Waals surface area contributed by atoms with Gasteiger partial charge in [-0.2, -0.15) is 12.7 Å². The summed E-state index contributed by atoms with van der Waals surface area (Å²) in [6.45, 7) is 2.21. The highest BCUT2D eigenvalue weighted by atomic mass is 32.2. The fraction of sp³-hybridized carbons (Fsp3) is 0.333. The van der Waals surface area contributed by atoms with E-state index in [1.807, 2.05) is 11.4 Å². The molecule has 21 heavy (non-hydrogen) atoms. The molecule has 9 heteroatoms. The Balaban J connectivity index is 1.76. The molecule has 7 nitrogen and oxygen atoms in total. The summed E-state index contributed by atoms with van der Waals surface area (Å²) >= 11 is 1.62. The van der Waals surface area contributed by atoms with Crippen LogP contribution in [-0.4, -0.2) is 30.3 Å². The molecule has 0 spiro atoms. The van der Waals surface area contributed by atoms with E-state index in [9.17, 15) is 13.2 Å². The third kappa shape index (κ3) is 2.71. The number of carbonyl (C=O) groups excluding carboxylic acids is 1. The predicted octanol–water partition coefficient (Wildman–Crippen LogP) is 1.08. The number of rotatable bonds is 3. The molecule has 1 amide bonds. The standard InChI is InChI=1S/C12H13N3O4S2/c1-8-10(7-19-13-8)12(16)14-21(17,18)15-4-2-11-9(6-15)3-5-20-11/h3,5,7H,2,4,6H2,1H3,(H,14,16). The van der Waals surface area contributed by atoms with Crippen LogP contribution in [0, 0.1) is 6.92 Å². The summed E-state index contributed by atoms with van der Waals surface area (Å²) in [7, 11) is -3.88. The molecule has 0 unspecified atom stereocenters. The van der Waals surface area contributed by atoms with Crippen LogP contribution in [0.25, 0.3) is 0 Å². The highest BCUT2D eigenvalue weighted by Crippen LogP contribution is 2.25. The molecule has 0 aromatic carbocycles. The monoisotopic (exact) mass is 327 g/mol. The van der Waals surface area contributed by atoms with Crippen molar-refractivity contribution in [1.82, 2.24) is 14.2 Å². The summed E-state index contributed by atoms with van der Waals surface area (Å²) in [6.07, 6.45) is 1.79. The number of aryl methyl sites for hydroxylation is 1. The largest absolute Gasteiger partial charge is 0.364 e. The fourth-order valence-corrected chi connectivity index (χ4v) is 4.18. The van der Waals surface area contributed by atoms with Crippen molar-refractivity contribution in [2.24, 2.45) is 0 Å². The van der Waals surface area contributed by atoms with E-state index in [1.165, 1.54) is 9.18 Å². The Morgan fingerprint density at radius 1 is 1.52 bits per heavy atom. The van der Waals surface area contributed by atoms with E-state index in [0.29, 0.717) is 18.7 Å². The van der Waals surface area contributed by atoms with Crippen LogP contribution >= 0.6 is 11.3 Å². The second kappa shape index (κ2) is 5.24. The summed E-state index contributed by atoms with van der Waals surface area (Å²) in [6, 6.07) is 1.91. The van der Waals surface area contributed by atoms with Crippen LogP contribution in [0.3, 0.4) is 0 Å². The number of nitrogens with one attached hydrogen (secondary N) is 1. The maximum absolute atomic E-state index is 12.3. The molecule has 3 heterocycles. The second-order valence-electron chi connectivity index (χ2n) is 4.70. The lowest BCUT2D eigenvalue weighted by atomic mass is 10.1. The molecule has 1 aliphatic heterocycles. The van der Waals surface area contributed by atoms with E-state index >= 15 is 0 Å². The Morgan fingerprint density at radius 2 is 2.33 bits per heavy atom. The molecule has 0 bridgehead atoms. The molecule has 0 fully saturated rings. The van der Waals surface area contributed by atoms with Gasteiger partial charge in [0.2, 0.25) is 0 Å². The third-order valence-electron chi connectivity index (χ3n) is 3.33. The molecule has 3 rings (SSSR count). The summed E-state index contributed by atoms with van der Waals surface area (Å²) in [5.41, 5.74) is 1.46. The zero-order chi connectivity index (χ0) is 15.0. The Labute approximate surface area is 125 Å². The molecule has 1 N–H and O–H groups in total. The first kappa shape index (κ1) is 14.2. The second-order valence-corrected chi connectivity index (χ2v) is 7.37. The zero-order valence-electron chi connectivity index (χ0n) is 11.2. The number of carbonyl (C=O) groups is 1. The van der Waals surface area contributed by atoms with Crippen molar-refractivity contribution in [3.8, 4) is 0 Å². The highest BCUT2D eigenvalue weighted by Gasteiger charge is 2.29. The minimum Gasteiger partial charge on any atom is -0.364 e. The first-order valence-electron chi connectivity index (χ1n) is 6.26. The SMILES string of the molecule is Cc1nocc1C(=O)NS(=O)(=O)N1CCc2sccc2C1. The molecule has 2 aromatic heterocycles. The number of amides is 1. The third-order valence-corrected chi connectivity index (χ3v) is 5.79. The van der Waals surface area contributed by atoms with Gasteiger partial charge < -0.3 is 4.52 Å². The van der Waals surface area contributed by atoms with E-state index in [2.05, 4.69) is 14.4 Å². The van der Waals surface area contributed by atoms with Crippen LogP contribution in [0.5, 0.6) is 0 Å². The van der Waals surface area contributed by atoms with E-state index in [1.54, 1.807) is 18.3 Å². The minimum atomic E-state index is -3.88. The molecule has 0 atom stereocenters. The summed E-state index contributed by atoms with van der Waals surface area (Å²) in [5.74, 6) is -0.732. The molecular formula is C12H13N3O4S2. The predicted molar refractivity (Wildman–Crippen MR) is 76.1 cm³/mol. The molecule has 2 aromatic rings. The lowest BCUT2D eigenvalue weighted by Gasteiger charge is -2.25. The van der Waals surface area contributed by atoms with Crippen molar-refractivity contribution in [3.05, 3.63) is 39.4 Å². The maximum Gasteiger partial charge on any atom is 0.304 e. The van der Waals surface area contributed by atoms with Crippen molar-refractivity contribution < 1.29 is 17.7 Å². The molecule has 0 saturated heterocycles. The van der Waals surface area contributed by atoms with Crippen molar-refractivity contribution in [1.29, 1.82) is 0 Å². The Kier molecular flexibility index (Phi) is 3.56. The normalized spacial score (nSPS) is 15.7. The fourth-order valence-electron chi connectivity index (χ4n) is 2.17. The lowest BCUT2D eigenvalue weighted by Crippen LogP contribution is -2.45. The molecule has 112 valence electrons. The molecule has 0 radical (unpaired) electrons. The lowest BCUT2D eigenvalue weighted by molar-refractivity contribution is 0.0977. The first-order valence-corrected chi connectivity index (χ1v) is 8.58. The van der Waals surface area contributed by atoms with Gasteiger partial charge in [0.05, 0.1) is 5.69 Å².